The number of hydrogen-bond acceptors (Lipinski definition) is 5. The van der Waals surface area contributed by atoms with Gasteiger partial charge in [0.2, 0.25) is 0 Å². The van der Waals surface area contributed by atoms with Gasteiger partial charge in [0.25, 0.3) is 0 Å². The molecule has 17 heavy (non-hydrogen) atoms. The van der Waals surface area contributed by atoms with Crippen LogP contribution in [-0.2, 0) is 6.54 Å². The van der Waals surface area contributed by atoms with Gasteiger partial charge in [0.05, 0.1) is 11.9 Å². The molecule has 4 nitrogen and oxygen atoms in total. The van der Waals surface area contributed by atoms with Crippen LogP contribution in [0.5, 0.6) is 0 Å². The largest absolute Gasteiger partial charge is 0.311 e. The smallest absolute Gasteiger partial charge is 0.143 e. The van der Waals surface area contributed by atoms with E-state index in [1.807, 2.05) is 0 Å². The summed E-state index contributed by atoms with van der Waals surface area (Å²) >= 11 is 1.61. The van der Waals surface area contributed by atoms with Gasteiger partial charge in [0, 0.05) is 24.3 Å². The molecule has 0 aliphatic rings. The van der Waals surface area contributed by atoms with Crippen LogP contribution in [0.25, 0.3) is 10.7 Å². The Bertz CT molecular complexity index is 441. The lowest BCUT2D eigenvalue weighted by molar-refractivity contribution is 0.635. The number of thiazole rings is 1. The minimum absolute atomic E-state index is 0.830. The predicted molar refractivity (Wildman–Crippen MR) is 69.8 cm³/mol. The molecule has 2 heterocycles. The van der Waals surface area contributed by atoms with Crippen LogP contribution in [0.1, 0.15) is 25.5 Å². The van der Waals surface area contributed by atoms with E-state index in [9.17, 15) is 0 Å². The first-order chi connectivity index (χ1) is 8.40. The van der Waals surface area contributed by atoms with Crippen molar-refractivity contribution in [3.8, 4) is 10.7 Å². The molecule has 1 N–H and O–H groups in total. The van der Waals surface area contributed by atoms with E-state index in [0.717, 1.165) is 29.5 Å². The van der Waals surface area contributed by atoms with Crippen molar-refractivity contribution in [2.24, 2.45) is 0 Å². The first-order valence-corrected chi connectivity index (χ1v) is 6.69. The monoisotopic (exact) mass is 248 g/mol. The minimum Gasteiger partial charge on any atom is -0.311 e. The molecule has 0 saturated heterocycles. The van der Waals surface area contributed by atoms with Gasteiger partial charge >= 0.3 is 0 Å². The summed E-state index contributed by atoms with van der Waals surface area (Å²) in [5.41, 5.74) is 1.92. The Hall–Kier alpha value is -1.33. The number of hydrogen-bond donors (Lipinski definition) is 1. The van der Waals surface area contributed by atoms with Crippen molar-refractivity contribution in [3.05, 3.63) is 29.7 Å². The van der Waals surface area contributed by atoms with Crippen molar-refractivity contribution in [1.82, 2.24) is 20.3 Å². The maximum Gasteiger partial charge on any atom is 0.143 e. The zero-order chi connectivity index (χ0) is 11.9. The van der Waals surface area contributed by atoms with Crippen LogP contribution in [0.2, 0.25) is 0 Å². The summed E-state index contributed by atoms with van der Waals surface area (Å²) in [6.45, 7) is 4.07. The quantitative estimate of drug-likeness (QED) is 0.798. The maximum atomic E-state index is 4.53. The van der Waals surface area contributed by atoms with E-state index in [-0.39, 0.29) is 0 Å². The summed E-state index contributed by atoms with van der Waals surface area (Å²) in [4.78, 5) is 12.8. The number of aromatic nitrogens is 3. The van der Waals surface area contributed by atoms with Gasteiger partial charge in [-0.1, -0.05) is 13.3 Å². The first kappa shape index (κ1) is 12.1. The molecular formula is C12H16N4S. The molecule has 0 aliphatic heterocycles. The molecule has 0 unspecified atom stereocenters. The third kappa shape index (κ3) is 3.57. The molecule has 0 fully saturated rings. The van der Waals surface area contributed by atoms with E-state index in [2.05, 4.69) is 32.6 Å². The zero-order valence-corrected chi connectivity index (χ0v) is 10.7. The Kier molecular flexibility index (Phi) is 4.58. The van der Waals surface area contributed by atoms with Gasteiger partial charge in [-0.15, -0.1) is 11.3 Å². The summed E-state index contributed by atoms with van der Waals surface area (Å²) < 4.78 is 0. The van der Waals surface area contributed by atoms with Crippen LogP contribution in [-0.4, -0.2) is 21.5 Å². The molecule has 0 amide bonds. The Morgan fingerprint density at radius 3 is 3.06 bits per heavy atom. The van der Waals surface area contributed by atoms with Crippen LogP contribution in [0.15, 0.2) is 24.0 Å². The highest BCUT2D eigenvalue weighted by molar-refractivity contribution is 7.13. The topological polar surface area (TPSA) is 50.7 Å². The summed E-state index contributed by atoms with van der Waals surface area (Å²) in [7, 11) is 0. The van der Waals surface area contributed by atoms with Gasteiger partial charge < -0.3 is 5.32 Å². The molecule has 2 aromatic rings. The van der Waals surface area contributed by atoms with Crippen molar-refractivity contribution in [1.29, 1.82) is 0 Å². The molecule has 0 aliphatic carbocycles. The fourth-order valence-corrected chi connectivity index (χ4v) is 2.21. The van der Waals surface area contributed by atoms with Gasteiger partial charge in [-0.05, 0) is 13.0 Å². The highest BCUT2D eigenvalue weighted by atomic mass is 32.1. The highest BCUT2D eigenvalue weighted by Crippen LogP contribution is 2.20. The lowest BCUT2D eigenvalue weighted by Crippen LogP contribution is -2.14. The zero-order valence-electron chi connectivity index (χ0n) is 9.89. The van der Waals surface area contributed by atoms with E-state index in [1.54, 1.807) is 29.9 Å². The fraction of sp³-hybridized carbons (Fsp3) is 0.417. The molecular weight excluding hydrogens is 232 g/mol. The molecule has 5 heteroatoms. The van der Waals surface area contributed by atoms with Crippen LogP contribution in [0.3, 0.4) is 0 Å². The second-order valence-corrected chi connectivity index (χ2v) is 4.62. The number of unbranched alkanes of at least 4 members (excludes halogenated alkanes) is 1. The third-order valence-corrected chi connectivity index (χ3v) is 3.26. The molecule has 90 valence electrons. The Balaban J connectivity index is 1.92. The van der Waals surface area contributed by atoms with Crippen molar-refractivity contribution in [3.63, 3.8) is 0 Å². The van der Waals surface area contributed by atoms with E-state index in [4.69, 9.17) is 0 Å². The van der Waals surface area contributed by atoms with E-state index < -0.39 is 0 Å². The van der Waals surface area contributed by atoms with Crippen molar-refractivity contribution >= 4 is 11.3 Å². The minimum atomic E-state index is 0.830. The molecule has 2 rings (SSSR count). The Morgan fingerprint density at radius 1 is 1.35 bits per heavy atom. The van der Waals surface area contributed by atoms with Crippen LogP contribution in [0.4, 0.5) is 0 Å². The van der Waals surface area contributed by atoms with Gasteiger partial charge in [-0.2, -0.15) is 0 Å². The van der Waals surface area contributed by atoms with Crippen molar-refractivity contribution < 1.29 is 0 Å². The van der Waals surface area contributed by atoms with Crippen LogP contribution >= 0.6 is 11.3 Å². The second-order valence-electron chi connectivity index (χ2n) is 3.76. The second kappa shape index (κ2) is 6.42. The maximum absolute atomic E-state index is 4.53. The summed E-state index contributed by atoms with van der Waals surface area (Å²) in [6.07, 6.45) is 7.53. The average molecular weight is 248 g/mol. The molecule has 0 spiro atoms. The average Bonchev–Trinajstić information content (AvgIpc) is 2.85. The van der Waals surface area contributed by atoms with Crippen molar-refractivity contribution in [2.75, 3.05) is 6.54 Å². The van der Waals surface area contributed by atoms with Gasteiger partial charge in [-0.25, -0.2) is 4.98 Å². The third-order valence-electron chi connectivity index (χ3n) is 2.35. The van der Waals surface area contributed by atoms with Gasteiger partial charge in [0.15, 0.2) is 0 Å². The lowest BCUT2D eigenvalue weighted by atomic mass is 10.3. The highest BCUT2D eigenvalue weighted by Gasteiger charge is 2.05. The van der Waals surface area contributed by atoms with E-state index >= 15 is 0 Å². The number of nitrogens with one attached hydrogen (secondary N) is 1. The molecule has 0 bridgehead atoms. The molecule has 0 atom stereocenters. The fourth-order valence-electron chi connectivity index (χ4n) is 1.43. The molecule has 0 aromatic carbocycles. The lowest BCUT2D eigenvalue weighted by Gasteiger charge is -1.99. The van der Waals surface area contributed by atoms with Gasteiger partial charge in [-0.3, -0.25) is 9.97 Å². The molecule has 0 radical (unpaired) electrons. The number of nitrogens with zero attached hydrogens (tertiary/aromatic N) is 3. The Labute approximate surface area is 105 Å². The van der Waals surface area contributed by atoms with Crippen molar-refractivity contribution in [2.45, 2.75) is 26.3 Å². The van der Waals surface area contributed by atoms with Gasteiger partial charge in [0.1, 0.15) is 10.7 Å². The SMILES string of the molecule is CCCCNCc1csc(-c2cnccn2)n1. The predicted octanol–water partition coefficient (Wildman–Crippen LogP) is 2.49. The summed E-state index contributed by atoms with van der Waals surface area (Å²) in [5.74, 6) is 0. The summed E-state index contributed by atoms with van der Waals surface area (Å²) in [6, 6.07) is 0. The number of rotatable bonds is 6. The van der Waals surface area contributed by atoms with E-state index in [0.29, 0.717) is 0 Å². The molecule has 2 aromatic heterocycles. The van der Waals surface area contributed by atoms with E-state index in [1.165, 1.54) is 12.8 Å². The first-order valence-electron chi connectivity index (χ1n) is 5.81. The summed E-state index contributed by atoms with van der Waals surface area (Å²) in [5, 5.41) is 6.38. The Morgan fingerprint density at radius 2 is 2.29 bits per heavy atom. The molecule has 0 saturated carbocycles. The normalized spacial score (nSPS) is 10.6. The standard InChI is InChI=1S/C12H16N4S/c1-2-3-4-13-7-10-9-17-12(16-10)11-8-14-5-6-15-11/h5-6,8-9,13H,2-4,7H2,1H3. The van der Waals surface area contributed by atoms with Crippen LogP contribution in [0, 0.1) is 0 Å². The van der Waals surface area contributed by atoms with Crippen LogP contribution < -0.4 is 5.32 Å².